The van der Waals surface area contributed by atoms with Crippen molar-refractivity contribution in [2.75, 3.05) is 19.4 Å². The number of aliphatic hydroxyl groups is 1. The molecule has 0 aliphatic heterocycles. The average molecular weight is 235 g/mol. The second-order valence-corrected chi connectivity index (χ2v) is 5.43. The zero-order valence-corrected chi connectivity index (χ0v) is 10.3. The van der Waals surface area contributed by atoms with Crippen LogP contribution in [0.5, 0.6) is 0 Å². The minimum Gasteiger partial charge on any atom is -0.396 e. The van der Waals surface area contributed by atoms with Gasteiger partial charge in [0.2, 0.25) is 5.91 Å². The Hall–Kier alpha value is -0.420. The molecule has 2 unspecified atom stereocenters. The van der Waals surface area contributed by atoms with E-state index in [9.17, 15) is 9.00 Å². The van der Waals surface area contributed by atoms with E-state index >= 15 is 0 Å². The number of carbonyl (C=O) groups excluding carboxylic acids is 1. The minimum absolute atomic E-state index is 0.0116. The molecule has 0 fully saturated rings. The van der Waals surface area contributed by atoms with E-state index in [0.717, 1.165) is 12.8 Å². The van der Waals surface area contributed by atoms with E-state index in [1.807, 2.05) is 6.92 Å². The van der Waals surface area contributed by atoms with Crippen molar-refractivity contribution in [2.45, 2.75) is 37.9 Å². The van der Waals surface area contributed by atoms with Crippen molar-refractivity contribution in [2.24, 2.45) is 0 Å². The van der Waals surface area contributed by atoms with Gasteiger partial charge in [-0.3, -0.25) is 9.00 Å². The molecule has 0 aromatic carbocycles. The summed E-state index contributed by atoms with van der Waals surface area (Å²) < 4.78 is 11.0. The van der Waals surface area contributed by atoms with E-state index in [1.54, 1.807) is 6.26 Å². The third-order valence-electron chi connectivity index (χ3n) is 2.25. The van der Waals surface area contributed by atoms with Crippen molar-refractivity contribution in [1.82, 2.24) is 5.32 Å². The van der Waals surface area contributed by atoms with Gasteiger partial charge in [0.15, 0.2) is 0 Å². The van der Waals surface area contributed by atoms with Crippen LogP contribution in [0.4, 0.5) is 0 Å². The van der Waals surface area contributed by atoms with Gasteiger partial charge in [-0.2, -0.15) is 0 Å². The molecule has 0 saturated carbocycles. The number of hydrogen-bond acceptors (Lipinski definition) is 3. The SMILES string of the molecule is CC(CCNC(=O)CCCCO)S(C)=O. The fourth-order valence-electron chi connectivity index (χ4n) is 1.07. The predicted molar refractivity (Wildman–Crippen MR) is 62.1 cm³/mol. The standard InChI is InChI=1S/C10H21NO3S/c1-9(15(2)14)6-7-11-10(13)5-3-4-8-12/h9,12H,3-8H2,1-2H3,(H,11,13). The lowest BCUT2D eigenvalue weighted by atomic mass is 10.2. The van der Waals surface area contributed by atoms with Crippen LogP contribution in [0.1, 0.15) is 32.6 Å². The first kappa shape index (κ1) is 14.6. The van der Waals surface area contributed by atoms with Crippen LogP contribution in [0.15, 0.2) is 0 Å². The van der Waals surface area contributed by atoms with Gasteiger partial charge in [-0.15, -0.1) is 0 Å². The number of unbranched alkanes of at least 4 members (excludes halogenated alkanes) is 1. The summed E-state index contributed by atoms with van der Waals surface area (Å²) >= 11 is 0. The molecular weight excluding hydrogens is 214 g/mol. The molecule has 0 aromatic heterocycles. The zero-order chi connectivity index (χ0) is 11.7. The molecule has 0 heterocycles. The largest absolute Gasteiger partial charge is 0.396 e. The van der Waals surface area contributed by atoms with E-state index < -0.39 is 10.8 Å². The Bertz CT molecular complexity index is 209. The maximum Gasteiger partial charge on any atom is 0.219 e. The van der Waals surface area contributed by atoms with Crippen LogP contribution in [0.25, 0.3) is 0 Å². The molecule has 0 bridgehead atoms. The molecule has 0 rings (SSSR count). The second kappa shape index (κ2) is 8.85. The third-order valence-corrected chi connectivity index (χ3v) is 3.62. The number of aliphatic hydroxyl groups excluding tert-OH is 1. The number of nitrogens with one attached hydrogen (secondary N) is 1. The first-order valence-electron chi connectivity index (χ1n) is 5.27. The van der Waals surface area contributed by atoms with Crippen LogP contribution in [-0.2, 0) is 15.6 Å². The first-order chi connectivity index (χ1) is 7.07. The zero-order valence-electron chi connectivity index (χ0n) is 9.49. The smallest absolute Gasteiger partial charge is 0.219 e. The lowest BCUT2D eigenvalue weighted by molar-refractivity contribution is -0.121. The molecule has 90 valence electrons. The van der Waals surface area contributed by atoms with Crippen molar-refractivity contribution in [3.05, 3.63) is 0 Å². The summed E-state index contributed by atoms with van der Waals surface area (Å²) in [5.41, 5.74) is 0. The highest BCUT2D eigenvalue weighted by Crippen LogP contribution is 1.98. The molecular formula is C10H21NO3S. The van der Waals surface area contributed by atoms with Gasteiger partial charge in [0.25, 0.3) is 0 Å². The molecule has 1 amide bonds. The van der Waals surface area contributed by atoms with E-state index in [1.165, 1.54) is 0 Å². The molecule has 5 heteroatoms. The maximum atomic E-state index is 11.2. The van der Waals surface area contributed by atoms with Crippen molar-refractivity contribution in [1.29, 1.82) is 0 Å². The highest BCUT2D eigenvalue weighted by atomic mass is 32.2. The van der Waals surface area contributed by atoms with Gasteiger partial charge in [-0.25, -0.2) is 0 Å². The van der Waals surface area contributed by atoms with Gasteiger partial charge in [-0.05, 0) is 19.3 Å². The monoisotopic (exact) mass is 235 g/mol. The lowest BCUT2D eigenvalue weighted by Gasteiger charge is -2.09. The lowest BCUT2D eigenvalue weighted by Crippen LogP contribution is -2.27. The summed E-state index contributed by atoms with van der Waals surface area (Å²) in [5, 5.41) is 11.4. The summed E-state index contributed by atoms with van der Waals surface area (Å²) in [5.74, 6) is 0.0116. The Morgan fingerprint density at radius 3 is 2.67 bits per heavy atom. The third kappa shape index (κ3) is 8.57. The quantitative estimate of drug-likeness (QED) is 0.599. The highest BCUT2D eigenvalue weighted by Gasteiger charge is 2.06. The Morgan fingerprint density at radius 1 is 1.47 bits per heavy atom. The van der Waals surface area contributed by atoms with Gasteiger partial charge >= 0.3 is 0 Å². The molecule has 0 spiro atoms. The molecule has 0 saturated heterocycles. The summed E-state index contributed by atoms with van der Waals surface area (Å²) in [6.07, 6.45) is 4.27. The van der Waals surface area contributed by atoms with Crippen LogP contribution in [0, 0.1) is 0 Å². The molecule has 0 radical (unpaired) electrons. The number of carbonyl (C=O) groups is 1. The second-order valence-electron chi connectivity index (χ2n) is 3.63. The maximum absolute atomic E-state index is 11.2. The average Bonchev–Trinajstić information content (AvgIpc) is 2.18. The minimum atomic E-state index is -0.816. The van der Waals surface area contributed by atoms with Gasteiger partial charge < -0.3 is 10.4 Å². The normalized spacial score (nSPS) is 14.6. The molecule has 2 atom stereocenters. The van der Waals surface area contributed by atoms with Crippen molar-refractivity contribution in [3.8, 4) is 0 Å². The molecule has 15 heavy (non-hydrogen) atoms. The Kier molecular flexibility index (Phi) is 8.61. The summed E-state index contributed by atoms with van der Waals surface area (Å²) in [6.45, 7) is 2.63. The summed E-state index contributed by atoms with van der Waals surface area (Å²) in [4.78, 5) is 11.2. The summed E-state index contributed by atoms with van der Waals surface area (Å²) in [6, 6.07) is 0. The molecule has 4 nitrogen and oxygen atoms in total. The van der Waals surface area contributed by atoms with Crippen molar-refractivity contribution in [3.63, 3.8) is 0 Å². The number of rotatable bonds is 8. The molecule has 0 aromatic rings. The van der Waals surface area contributed by atoms with Gasteiger partial charge in [0.1, 0.15) is 0 Å². The van der Waals surface area contributed by atoms with Crippen LogP contribution >= 0.6 is 0 Å². The first-order valence-corrected chi connectivity index (χ1v) is 6.89. The Labute approximate surface area is 93.9 Å². The number of amides is 1. The van der Waals surface area contributed by atoms with E-state index in [-0.39, 0.29) is 17.8 Å². The fraction of sp³-hybridized carbons (Fsp3) is 0.900. The van der Waals surface area contributed by atoms with Gasteiger partial charge in [0, 0.05) is 41.9 Å². The van der Waals surface area contributed by atoms with Crippen LogP contribution in [0.2, 0.25) is 0 Å². The van der Waals surface area contributed by atoms with Crippen molar-refractivity contribution < 1.29 is 14.1 Å². The van der Waals surface area contributed by atoms with E-state index in [2.05, 4.69) is 5.32 Å². The highest BCUT2D eigenvalue weighted by molar-refractivity contribution is 7.84. The Balaban J connectivity index is 3.42. The van der Waals surface area contributed by atoms with Gasteiger partial charge in [0.05, 0.1) is 0 Å². The van der Waals surface area contributed by atoms with Crippen LogP contribution < -0.4 is 5.32 Å². The molecule has 0 aliphatic rings. The Morgan fingerprint density at radius 2 is 2.13 bits per heavy atom. The van der Waals surface area contributed by atoms with Crippen LogP contribution in [0.3, 0.4) is 0 Å². The molecule has 2 N–H and O–H groups in total. The molecule has 0 aliphatic carbocycles. The van der Waals surface area contributed by atoms with Crippen LogP contribution in [-0.4, -0.2) is 39.9 Å². The fourth-order valence-corrected chi connectivity index (χ4v) is 1.52. The predicted octanol–water partition coefficient (Wildman–Crippen LogP) is 0.422. The summed E-state index contributed by atoms with van der Waals surface area (Å²) in [7, 11) is -0.816. The number of hydrogen-bond donors (Lipinski definition) is 2. The van der Waals surface area contributed by atoms with Gasteiger partial charge in [-0.1, -0.05) is 6.92 Å². The van der Waals surface area contributed by atoms with Crippen molar-refractivity contribution >= 4 is 16.7 Å². The topological polar surface area (TPSA) is 66.4 Å². The van der Waals surface area contributed by atoms with E-state index in [4.69, 9.17) is 5.11 Å². The van der Waals surface area contributed by atoms with E-state index in [0.29, 0.717) is 19.4 Å².